The Morgan fingerprint density at radius 2 is 1.77 bits per heavy atom. The van der Waals surface area contributed by atoms with Gasteiger partial charge in [-0.15, -0.1) is 0 Å². The summed E-state index contributed by atoms with van der Waals surface area (Å²) in [5.41, 5.74) is 4.91. The Morgan fingerprint density at radius 3 is 2.48 bits per heavy atom. The summed E-state index contributed by atoms with van der Waals surface area (Å²) >= 11 is 0. The van der Waals surface area contributed by atoms with Crippen molar-refractivity contribution >= 4 is 44.0 Å². The second kappa shape index (κ2) is 11.1. The van der Waals surface area contributed by atoms with Gasteiger partial charge < -0.3 is 20.3 Å². The van der Waals surface area contributed by atoms with Crippen LogP contribution in [0.3, 0.4) is 0 Å². The van der Waals surface area contributed by atoms with Crippen LogP contribution in [-0.4, -0.2) is 66.0 Å². The van der Waals surface area contributed by atoms with Crippen molar-refractivity contribution in [2.75, 3.05) is 37.0 Å². The molecule has 0 atom stereocenters. The molecular formula is C29H37N7O3S. The van der Waals surface area contributed by atoms with Crippen LogP contribution in [0.5, 0.6) is 5.75 Å². The van der Waals surface area contributed by atoms with Gasteiger partial charge in [0.2, 0.25) is 5.95 Å². The highest BCUT2D eigenvalue weighted by molar-refractivity contribution is 7.90. The van der Waals surface area contributed by atoms with Crippen molar-refractivity contribution < 1.29 is 13.2 Å². The summed E-state index contributed by atoms with van der Waals surface area (Å²) in [5.74, 6) is 2.00. The van der Waals surface area contributed by atoms with Gasteiger partial charge >= 0.3 is 0 Å². The highest BCUT2D eigenvalue weighted by atomic mass is 32.2. The first-order chi connectivity index (χ1) is 19.0. The van der Waals surface area contributed by atoms with Crippen LogP contribution in [0.15, 0.2) is 41.3 Å². The van der Waals surface area contributed by atoms with Gasteiger partial charge in [0.05, 0.1) is 27.8 Å². The number of piperidine rings is 1. The van der Waals surface area contributed by atoms with E-state index in [1.54, 1.807) is 24.3 Å². The average molecular weight is 564 g/mol. The van der Waals surface area contributed by atoms with E-state index in [1.165, 1.54) is 17.4 Å². The van der Waals surface area contributed by atoms with Gasteiger partial charge in [-0.05, 0) is 102 Å². The molecule has 1 saturated heterocycles. The quantitative estimate of drug-likeness (QED) is 0.256. The summed E-state index contributed by atoms with van der Waals surface area (Å²) in [6, 6.07) is 11.0. The first kappa shape index (κ1) is 27.9. The van der Waals surface area contributed by atoms with Crippen molar-refractivity contribution in [2.45, 2.75) is 57.5 Å². The van der Waals surface area contributed by atoms with Gasteiger partial charge in [0.25, 0.3) is 0 Å². The molecule has 212 valence electrons. The summed E-state index contributed by atoms with van der Waals surface area (Å²) in [6.07, 6.45) is 3.41. The zero-order chi connectivity index (χ0) is 28.6. The number of likely N-dealkylation sites (tertiary alicyclic amines) is 1. The highest BCUT2D eigenvalue weighted by Gasteiger charge is 2.23. The van der Waals surface area contributed by atoms with Gasteiger partial charge in [-0.3, -0.25) is 5.10 Å². The number of nitrogens with one attached hydrogen (secondary N) is 3. The Bertz CT molecular complexity index is 1640. The van der Waals surface area contributed by atoms with Crippen LogP contribution in [0.1, 0.15) is 49.4 Å². The van der Waals surface area contributed by atoms with Crippen molar-refractivity contribution in [1.29, 1.82) is 0 Å². The van der Waals surface area contributed by atoms with E-state index < -0.39 is 9.84 Å². The summed E-state index contributed by atoms with van der Waals surface area (Å²) in [6.45, 7) is 10.2. The van der Waals surface area contributed by atoms with Crippen LogP contribution < -0.4 is 15.4 Å². The Morgan fingerprint density at radius 1 is 1.05 bits per heavy atom. The fraction of sp³-hybridized carbons (Fsp3) is 0.414. The number of aromatic nitrogens is 4. The molecule has 0 saturated carbocycles. The number of sulfone groups is 1. The minimum absolute atomic E-state index is 0.0179. The molecule has 4 aromatic rings. The molecule has 0 amide bonds. The third kappa shape index (κ3) is 5.90. The van der Waals surface area contributed by atoms with Gasteiger partial charge in [-0.2, -0.15) is 15.1 Å². The largest absolute Gasteiger partial charge is 0.489 e. The van der Waals surface area contributed by atoms with Crippen LogP contribution in [0.4, 0.5) is 23.1 Å². The van der Waals surface area contributed by atoms with E-state index in [2.05, 4.69) is 56.8 Å². The van der Waals surface area contributed by atoms with Gasteiger partial charge in [0.15, 0.2) is 15.5 Å². The van der Waals surface area contributed by atoms with Gasteiger partial charge in [-0.25, -0.2) is 8.42 Å². The van der Waals surface area contributed by atoms with E-state index >= 15 is 0 Å². The van der Waals surface area contributed by atoms with Crippen molar-refractivity contribution in [3.8, 4) is 5.75 Å². The predicted octanol–water partition coefficient (Wildman–Crippen LogP) is 5.46. The molecule has 1 fully saturated rings. The Labute approximate surface area is 235 Å². The molecule has 0 radical (unpaired) electrons. The fourth-order valence-electron chi connectivity index (χ4n) is 5.27. The van der Waals surface area contributed by atoms with E-state index in [0.717, 1.165) is 43.1 Å². The van der Waals surface area contributed by atoms with E-state index in [4.69, 9.17) is 9.72 Å². The molecular weight excluding hydrogens is 526 g/mol. The van der Waals surface area contributed by atoms with Crippen molar-refractivity contribution in [2.24, 2.45) is 0 Å². The number of H-pyrrole nitrogens is 1. The number of benzene rings is 2. The summed E-state index contributed by atoms with van der Waals surface area (Å²) < 4.78 is 31.1. The lowest BCUT2D eigenvalue weighted by Gasteiger charge is -2.30. The predicted molar refractivity (Wildman–Crippen MR) is 159 cm³/mol. The molecule has 3 N–H and O–H groups in total. The average Bonchev–Trinajstić information content (AvgIpc) is 3.26. The number of hydrogen-bond donors (Lipinski definition) is 3. The summed E-state index contributed by atoms with van der Waals surface area (Å²) in [7, 11) is -1.29. The van der Waals surface area contributed by atoms with Crippen LogP contribution >= 0.6 is 0 Å². The number of aromatic amines is 1. The van der Waals surface area contributed by atoms with Gasteiger partial charge in [-0.1, -0.05) is 12.1 Å². The number of fused-ring (bicyclic) bond motifs is 1. The lowest BCUT2D eigenvalue weighted by atomic mass is 9.86. The van der Waals surface area contributed by atoms with Crippen LogP contribution in [0.2, 0.25) is 0 Å². The molecule has 0 bridgehead atoms. The van der Waals surface area contributed by atoms with E-state index in [9.17, 15) is 8.42 Å². The molecule has 3 heterocycles. The van der Waals surface area contributed by atoms with E-state index in [-0.39, 0.29) is 11.0 Å². The molecule has 1 aliphatic rings. The minimum Gasteiger partial charge on any atom is -0.489 e. The first-order valence-corrected chi connectivity index (χ1v) is 15.4. The maximum Gasteiger partial charge on any atom is 0.231 e. The van der Waals surface area contributed by atoms with Gasteiger partial charge in [0.1, 0.15) is 11.6 Å². The fourth-order valence-corrected chi connectivity index (χ4v) is 6.11. The SMILES string of the molecule is Cc1cc(Nc2nc(Nc3ccccc3S(C)(=O)=O)c3c(C)[nH]nc3n2)c(OC(C)C)cc1C1CCN(C)CC1. The maximum atomic E-state index is 12.4. The van der Waals surface area contributed by atoms with Gasteiger partial charge in [0, 0.05) is 11.9 Å². The summed E-state index contributed by atoms with van der Waals surface area (Å²) in [4.78, 5) is 12.0. The highest BCUT2D eigenvalue weighted by Crippen LogP contribution is 2.38. The molecule has 5 rings (SSSR count). The zero-order valence-electron chi connectivity index (χ0n) is 23.9. The van der Waals surface area contributed by atoms with Crippen LogP contribution in [-0.2, 0) is 9.84 Å². The first-order valence-electron chi connectivity index (χ1n) is 13.5. The number of hydrogen-bond acceptors (Lipinski definition) is 9. The lowest BCUT2D eigenvalue weighted by Crippen LogP contribution is -2.29. The third-order valence-corrected chi connectivity index (χ3v) is 8.42. The summed E-state index contributed by atoms with van der Waals surface area (Å²) in [5, 5.41) is 14.6. The molecule has 2 aromatic carbocycles. The molecule has 40 heavy (non-hydrogen) atoms. The third-order valence-electron chi connectivity index (χ3n) is 7.27. The van der Waals surface area contributed by atoms with Crippen molar-refractivity contribution in [3.05, 3.63) is 53.2 Å². The number of para-hydroxylation sites is 1. The number of rotatable bonds is 8. The zero-order valence-corrected chi connectivity index (χ0v) is 24.7. The Hall–Kier alpha value is -3.70. The topological polar surface area (TPSA) is 125 Å². The number of aryl methyl sites for hydroxylation is 2. The molecule has 10 nitrogen and oxygen atoms in total. The normalized spacial score (nSPS) is 15.1. The lowest BCUT2D eigenvalue weighted by molar-refractivity contribution is 0.241. The van der Waals surface area contributed by atoms with Crippen molar-refractivity contribution in [3.63, 3.8) is 0 Å². The number of nitrogens with zero attached hydrogens (tertiary/aromatic N) is 4. The number of ether oxygens (including phenoxy) is 1. The maximum absolute atomic E-state index is 12.4. The molecule has 1 aliphatic heterocycles. The number of anilines is 4. The van der Waals surface area contributed by atoms with E-state index in [0.29, 0.717) is 34.4 Å². The Balaban J connectivity index is 1.54. The molecule has 0 aliphatic carbocycles. The molecule has 11 heteroatoms. The molecule has 0 spiro atoms. The molecule has 2 aromatic heterocycles. The standard InChI is InChI=1S/C29H37N7O3S/c1-17(2)39-24-16-21(20-11-13-36(5)14-12-20)18(3)15-23(24)31-29-32-27(26-19(4)34-35-28(26)33-29)30-22-9-7-8-10-25(22)40(6,37)38/h7-10,15-17,20H,11-14H2,1-6H3,(H3,30,31,32,33,34,35). The minimum atomic E-state index is -3.47. The van der Waals surface area contributed by atoms with Crippen molar-refractivity contribution in [1.82, 2.24) is 25.1 Å². The molecule has 0 unspecified atom stereocenters. The Kier molecular flexibility index (Phi) is 7.70. The second-order valence-corrected chi connectivity index (χ2v) is 12.9. The smallest absolute Gasteiger partial charge is 0.231 e. The van der Waals surface area contributed by atoms with Crippen LogP contribution in [0.25, 0.3) is 11.0 Å². The van der Waals surface area contributed by atoms with Crippen LogP contribution in [0, 0.1) is 13.8 Å². The monoisotopic (exact) mass is 563 g/mol. The van der Waals surface area contributed by atoms with E-state index in [1.807, 2.05) is 20.8 Å². The second-order valence-electron chi connectivity index (χ2n) is 10.9.